The zero-order valence-corrected chi connectivity index (χ0v) is 13.2. The van der Waals surface area contributed by atoms with Gasteiger partial charge in [-0.15, -0.1) is 0 Å². The minimum Gasteiger partial charge on any atom is -0.372 e. The predicted octanol–water partition coefficient (Wildman–Crippen LogP) is 2.01. The summed E-state index contributed by atoms with van der Waals surface area (Å²) in [7, 11) is 0. The highest BCUT2D eigenvalue weighted by molar-refractivity contribution is 5.77. The van der Waals surface area contributed by atoms with E-state index in [1.54, 1.807) is 0 Å². The molecule has 0 unspecified atom stereocenters. The molecular weight excluding hydrogens is 270 g/mol. The molecule has 1 saturated heterocycles. The van der Waals surface area contributed by atoms with Crippen LogP contribution < -0.4 is 0 Å². The van der Waals surface area contributed by atoms with Crippen LogP contribution in [0.5, 0.6) is 0 Å². The van der Waals surface area contributed by atoms with Crippen molar-refractivity contribution in [2.24, 2.45) is 5.92 Å². The number of piperidine rings is 1. The van der Waals surface area contributed by atoms with Crippen LogP contribution >= 0.6 is 0 Å². The zero-order chi connectivity index (χ0) is 15.2. The van der Waals surface area contributed by atoms with Gasteiger partial charge in [0, 0.05) is 26.1 Å². The van der Waals surface area contributed by atoms with Gasteiger partial charge in [-0.05, 0) is 25.7 Å². The van der Waals surface area contributed by atoms with Crippen LogP contribution in [0.4, 0.5) is 0 Å². The van der Waals surface area contributed by atoms with Gasteiger partial charge >= 0.3 is 0 Å². The zero-order valence-electron chi connectivity index (χ0n) is 13.2. The van der Waals surface area contributed by atoms with Crippen LogP contribution in [-0.4, -0.2) is 47.3 Å². The predicted molar refractivity (Wildman–Crippen MR) is 77.9 cm³/mol. The maximum atomic E-state index is 12.0. The molecule has 6 heteroatoms. The van der Waals surface area contributed by atoms with Gasteiger partial charge in [0.1, 0.15) is 6.61 Å². The van der Waals surface area contributed by atoms with Crippen LogP contribution in [0, 0.1) is 5.92 Å². The first kappa shape index (κ1) is 15.9. The van der Waals surface area contributed by atoms with Gasteiger partial charge in [0.05, 0.1) is 5.92 Å². The lowest BCUT2D eigenvalue weighted by Gasteiger charge is -2.30. The van der Waals surface area contributed by atoms with Crippen LogP contribution in [0.1, 0.15) is 51.2 Å². The molecule has 0 radical (unpaired) electrons. The second-order valence-electron chi connectivity index (χ2n) is 5.96. The van der Waals surface area contributed by atoms with E-state index >= 15 is 0 Å². The summed E-state index contributed by atoms with van der Waals surface area (Å²) in [5, 5.41) is 4.04. The normalized spacial score (nSPS) is 19.2. The van der Waals surface area contributed by atoms with Crippen LogP contribution in [-0.2, 0) is 16.0 Å². The molecule has 2 heterocycles. The lowest BCUT2D eigenvalue weighted by molar-refractivity contribution is -0.137. The molecule has 1 fully saturated rings. The molecule has 1 aromatic heterocycles. The molecule has 1 aliphatic heterocycles. The van der Waals surface area contributed by atoms with E-state index in [-0.39, 0.29) is 18.4 Å². The molecule has 118 valence electrons. The van der Waals surface area contributed by atoms with E-state index in [2.05, 4.69) is 24.0 Å². The Morgan fingerprint density at radius 2 is 2.33 bits per heavy atom. The molecule has 6 nitrogen and oxygen atoms in total. The van der Waals surface area contributed by atoms with Crippen molar-refractivity contribution in [1.82, 2.24) is 15.0 Å². The quantitative estimate of drug-likeness (QED) is 0.803. The Balaban J connectivity index is 1.94. The van der Waals surface area contributed by atoms with Gasteiger partial charge in [0.15, 0.2) is 5.82 Å². The monoisotopic (exact) mass is 295 g/mol. The number of carbonyl (C=O) groups excluding carboxylic acids is 1. The number of hydrogen-bond donors (Lipinski definition) is 0. The molecule has 1 atom stereocenters. The highest BCUT2D eigenvalue weighted by atomic mass is 16.5. The third-order valence-corrected chi connectivity index (χ3v) is 3.63. The van der Waals surface area contributed by atoms with Gasteiger partial charge in [-0.3, -0.25) is 4.79 Å². The first-order valence-electron chi connectivity index (χ1n) is 7.78. The van der Waals surface area contributed by atoms with Gasteiger partial charge < -0.3 is 14.2 Å². The summed E-state index contributed by atoms with van der Waals surface area (Å²) in [6.45, 7) is 8.30. The van der Waals surface area contributed by atoms with Crippen molar-refractivity contribution in [2.75, 3.05) is 26.3 Å². The Morgan fingerprint density at radius 3 is 3.05 bits per heavy atom. The Bertz CT molecular complexity index is 459. The topological polar surface area (TPSA) is 68.5 Å². The number of aromatic nitrogens is 2. The van der Waals surface area contributed by atoms with E-state index in [0.717, 1.165) is 31.6 Å². The fourth-order valence-electron chi connectivity index (χ4n) is 2.57. The summed E-state index contributed by atoms with van der Waals surface area (Å²) >= 11 is 0. The average Bonchev–Trinajstić information content (AvgIpc) is 2.92. The third-order valence-electron chi connectivity index (χ3n) is 3.63. The molecule has 21 heavy (non-hydrogen) atoms. The standard InChI is InChI=1S/C15H25N3O3/c1-4-20-10-14(19)18-7-5-6-12(9-18)15-16-13(17-21-15)8-11(2)3/h11-12H,4-10H2,1-3H3/t12-/m0/s1. The van der Waals surface area contributed by atoms with Gasteiger partial charge in [-0.2, -0.15) is 4.98 Å². The van der Waals surface area contributed by atoms with Gasteiger partial charge in [-0.25, -0.2) is 0 Å². The average molecular weight is 295 g/mol. The lowest BCUT2D eigenvalue weighted by Crippen LogP contribution is -2.41. The molecule has 0 N–H and O–H groups in total. The fraction of sp³-hybridized carbons (Fsp3) is 0.800. The maximum absolute atomic E-state index is 12.0. The smallest absolute Gasteiger partial charge is 0.248 e. The van der Waals surface area contributed by atoms with E-state index in [4.69, 9.17) is 9.26 Å². The molecule has 0 bridgehead atoms. The van der Waals surface area contributed by atoms with Gasteiger partial charge in [0.2, 0.25) is 11.8 Å². The number of amides is 1. The number of hydrogen-bond acceptors (Lipinski definition) is 5. The second-order valence-corrected chi connectivity index (χ2v) is 5.96. The molecular formula is C15H25N3O3. The Morgan fingerprint density at radius 1 is 1.52 bits per heavy atom. The van der Waals surface area contributed by atoms with E-state index in [9.17, 15) is 4.79 Å². The summed E-state index contributed by atoms with van der Waals surface area (Å²) in [6, 6.07) is 0. The summed E-state index contributed by atoms with van der Waals surface area (Å²) in [6.07, 6.45) is 2.77. The van der Waals surface area contributed by atoms with E-state index in [1.807, 2.05) is 11.8 Å². The van der Waals surface area contributed by atoms with Crippen molar-refractivity contribution in [2.45, 2.75) is 46.0 Å². The first-order valence-corrected chi connectivity index (χ1v) is 7.78. The van der Waals surface area contributed by atoms with Crippen molar-refractivity contribution < 1.29 is 14.1 Å². The van der Waals surface area contributed by atoms with Gasteiger partial charge in [0.25, 0.3) is 0 Å². The summed E-state index contributed by atoms with van der Waals surface area (Å²) < 4.78 is 10.6. The lowest BCUT2D eigenvalue weighted by atomic mass is 9.98. The van der Waals surface area contributed by atoms with Crippen molar-refractivity contribution in [3.63, 3.8) is 0 Å². The summed E-state index contributed by atoms with van der Waals surface area (Å²) in [5.41, 5.74) is 0. The summed E-state index contributed by atoms with van der Waals surface area (Å²) in [4.78, 5) is 18.3. The Hall–Kier alpha value is -1.43. The van der Waals surface area contributed by atoms with E-state index in [1.165, 1.54) is 0 Å². The molecule has 2 rings (SSSR count). The Kier molecular flexibility index (Phi) is 5.73. The number of likely N-dealkylation sites (tertiary alicyclic amines) is 1. The number of rotatable bonds is 6. The van der Waals surface area contributed by atoms with Crippen LogP contribution in [0.3, 0.4) is 0 Å². The second kappa shape index (κ2) is 7.54. The van der Waals surface area contributed by atoms with Crippen molar-refractivity contribution in [3.05, 3.63) is 11.7 Å². The SMILES string of the molecule is CCOCC(=O)N1CCC[C@H](c2nc(CC(C)C)no2)C1. The van der Waals surface area contributed by atoms with Crippen molar-refractivity contribution in [1.29, 1.82) is 0 Å². The van der Waals surface area contributed by atoms with E-state index in [0.29, 0.717) is 25.0 Å². The van der Waals surface area contributed by atoms with E-state index < -0.39 is 0 Å². The Labute approximate surface area is 125 Å². The number of nitrogens with zero attached hydrogens (tertiary/aromatic N) is 3. The first-order chi connectivity index (χ1) is 10.1. The molecule has 1 aliphatic rings. The molecule has 0 spiro atoms. The third kappa shape index (κ3) is 4.52. The van der Waals surface area contributed by atoms with Crippen molar-refractivity contribution >= 4 is 5.91 Å². The highest BCUT2D eigenvalue weighted by Gasteiger charge is 2.28. The van der Waals surface area contributed by atoms with Crippen LogP contribution in [0.15, 0.2) is 4.52 Å². The molecule has 1 amide bonds. The van der Waals surface area contributed by atoms with Gasteiger partial charge in [-0.1, -0.05) is 19.0 Å². The molecule has 0 saturated carbocycles. The van der Waals surface area contributed by atoms with Crippen LogP contribution in [0.2, 0.25) is 0 Å². The summed E-state index contributed by atoms with van der Waals surface area (Å²) in [5.74, 6) is 2.13. The maximum Gasteiger partial charge on any atom is 0.248 e. The number of carbonyl (C=O) groups is 1. The van der Waals surface area contributed by atoms with Crippen LogP contribution in [0.25, 0.3) is 0 Å². The highest BCUT2D eigenvalue weighted by Crippen LogP contribution is 2.26. The minimum atomic E-state index is 0.0449. The fourth-order valence-corrected chi connectivity index (χ4v) is 2.57. The molecule has 0 aliphatic carbocycles. The molecule has 0 aromatic carbocycles. The number of ether oxygens (including phenoxy) is 1. The van der Waals surface area contributed by atoms with Crippen molar-refractivity contribution in [3.8, 4) is 0 Å². The minimum absolute atomic E-state index is 0.0449. The molecule has 1 aromatic rings. The largest absolute Gasteiger partial charge is 0.372 e.